The maximum absolute atomic E-state index is 11.8. The number of nitrogens with zero attached hydrogens (tertiary/aromatic N) is 3. The van der Waals surface area contributed by atoms with Crippen LogP contribution in [-0.2, 0) is 6.54 Å². The second kappa shape index (κ2) is 5.74. The number of amides is 1. The minimum absolute atomic E-state index is 0.0777. The fourth-order valence-corrected chi connectivity index (χ4v) is 2.42. The van der Waals surface area contributed by atoms with Gasteiger partial charge in [0.2, 0.25) is 0 Å². The van der Waals surface area contributed by atoms with Gasteiger partial charge in [-0.15, -0.1) is 11.3 Å². The standard InChI is InChI=1S/C12H12N4O3S/c1-6-10(20-7(2)16-6)5-15-11(17)8-3-14-9(4-13-8)12(18)19/h3-4H,5H2,1-2H3,(H,15,17)(H,18,19). The predicted molar refractivity (Wildman–Crippen MR) is 71.7 cm³/mol. The number of hydrogen-bond donors (Lipinski definition) is 2. The molecular weight excluding hydrogens is 280 g/mol. The third-order valence-electron chi connectivity index (χ3n) is 2.51. The summed E-state index contributed by atoms with van der Waals surface area (Å²) in [6.45, 7) is 4.14. The molecule has 2 heterocycles. The summed E-state index contributed by atoms with van der Waals surface area (Å²) in [5.41, 5.74) is 0.768. The molecule has 20 heavy (non-hydrogen) atoms. The van der Waals surface area contributed by atoms with E-state index in [9.17, 15) is 9.59 Å². The Hall–Kier alpha value is -2.35. The Bertz CT molecular complexity index is 651. The van der Waals surface area contributed by atoms with Gasteiger partial charge in [-0.3, -0.25) is 4.79 Å². The monoisotopic (exact) mass is 292 g/mol. The Morgan fingerprint density at radius 3 is 2.40 bits per heavy atom. The number of carboxylic acids is 1. The molecule has 2 N–H and O–H groups in total. The van der Waals surface area contributed by atoms with E-state index in [1.54, 1.807) is 0 Å². The highest BCUT2D eigenvalue weighted by Crippen LogP contribution is 2.16. The van der Waals surface area contributed by atoms with Crippen molar-refractivity contribution in [1.29, 1.82) is 0 Å². The molecule has 0 saturated heterocycles. The van der Waals surface area contributed by atoms with E-state index >= 15 is 0 Å². The third kappa shape index (κ3) is 3.15. The van der Waals surface area contributed by atoms with Crippen LogP contribution in [0.1, 0.15) is 36.6 Å². The summed E-state index contributed by atoms with van der Waals surface area (Å²) in [7, 11) is 0. The molecule has 0 unspecified atom stereocenters. The Morgan fingerprint density at radius 1 is 1.25 bits per heavy atom. The van der Waals surface area contributed by atoms with Gasteiger partial charge in [-0.25, -0.2) is 19.7 Å². The fraction of sp³-hybridized carbons (Fsp3) is 0.250. The van der Waals surface area contributed by atoms with Crippen molar-refractivity contribution in [2.45, 2.75) is 20.4 Å². The maximum Gasteiger partial charge on any atom is 0.356 e. The number of carboxylic acid groups (broad SMARTS) is 1. The number of aromatic carboxylic acids is 1. The molecule has 0 aliphatic rings. The van der Waals surface area contributed by atoms with Gasteiger partial charge in [0.05, 0.1) is 29.6 Å². The van der Waals surface area contributed by atoms with E-state index in [1.807, 2.05) is 13.8 Å². The van der Waals surface area contributed by atoms with Crippen LogP contribution in [0.15, 0.2) is 12.4 Å². The Labute approximate surface area is 118 Å². The molecular formula is C12H12N4O3S. The normalized spacial score (nSPS) is 10.3. The zero-order valence-electron chi connectivity index (χ0n) is 10.9. The first-order valence-corrected chi connectivity index (χ1v) is 6.55. The average Bonchev–Trinajstić information content (AvgIpc) is 2.74. The van der Waals surface area contributed by atoms with Crippen molar-refractivity contribution in [3.63, 3.8) is 0 Å². The largest absolute Gasteiger partial charge is 0.476 e. The van der Waals surface area contributed by atoms with Crippen molar-refractivity contribution in [3.8, 4) is 0 Å². The number of nitrogens with one attached hydrogen (secondary N) is 1. The third-order valence-corrected chi connectivity index (χ3v) is 3.59. The molecule has 7 nitrogen and oxygen atoms in total. The van der Waals surface area contributed by atoms with Gasteiger partial charge in [-0.1, -0.05) is 0 Å². The van der Waals surface area contributed by atoms with E-state index in [2.05, 4.69) is 20.3 Å². The average molecular weight is 292 g/mol. The molecule has 0 bridgehead atoms. The second-order valence-corrected chi connectivity index (χ2v) is 5.30. The first-order chi connectivity index (χ1) is 9.47. The van der Waals surface area contributed by atoms with Gasteiger partial charge in [0, 0.05) is 4.88 Å². The molecule has 0 spiro atoms. The van der Waals surface area contributed by atoms with Gasteiger partial charge in [0.1, 0.15) is 5.69 Å². The molecule has 8 heteroatoms. The highest BCUT2D eigenvalue weighted by molar-refractivity contribution is 7.11. The lowest BCUT2D eigenvalue weighted by Gasteiger charge is -2.03. The lowest BCUT2D eigenvalue weighted by atomic mass is 10.3. The van der Waals surface area contributed by atoms with Crippen molar-refractivity contribution < 1.29 is 14.7 Å². The van der Waals surface area contributed by atoms with Crippen LogP contribution in [-0.4, -0.2) is 31.9 Å². The molecule has 0 radical (unpaired) electrons. The number of rotatable bonds is 4. The molecule has 0 saturated carbocycles. The number of thiazole rings is 1. The molecule has 0 aliphatic heterocycles. The summed E-state index contributed by atoms with van der Waals surface area (Å²) in [4.78, 5) is 35.1. The van der Waals surface area contributed by atoms with Gasteiger partial charge < -0.3 is 10.4 Å². The zero-order valence-corrected chi connectivity index (χ0v) is 11.7. The smallest absolute Gasteiger partial charge is 0.356 e. The van der Waals surface area contributed by atoms with Crippen LogP contribution in [0.3, 0.4) is 0 Å². The van der Waals surface area contributed by atoms with Gasteiger partial charge >= 0.3 is 5.97 Å². The predicted octanol–water partition coefficient (Wildman–Crippen LogP) is 1.18. The van der Waals surface area contributed by atoms with Crippen LogP contribution in [0.2, 0.25) is 0 Å². The molecule has 2 rings (SSSR count). The van der Waals surface area contributed by atoms with Gasteiger partial charge in [0.25, 0.3) is 5.91 Å². The van der Waals surface area contributed by atoms with Crippen LogP contribution in [0.25, 0.3) is 0 Å². The first-order valence-electron chi connectivity index (χ1n) is 5.74. The van der Waals surface area contributed by atoms with Gasteiger partial charge in [0.15, 0.2) is 5.69 Å². The molecule has 2 aromatic rings. The van der Waals surface area contributed by atoms with Crippen molar-refractivity contribution in [1.82, 2.24) is 20.3 Å². The summed E-state index contributed by atoms with van der Waals surface area (Å²) in [6, 6.07) is 0. The number of hydrogen-bond acceptors (Lipinski definition) is 6. The lowest BCUT2D eigenvalue weighted by molar-refractivity contribution is 0.0689. The van der Waals surface area contributed by atoms with E-state index < -0.39 is 11.9 Å². The van der Waals surface area contributed by atoms with E-state index in [-0.39, 0.29) is 11.4 Å². The zero-order chi connectivity index (χ0) is 14.7. The van der Waals surface area contributed by atoms with Crippen LogP contribution < -0.4 is 5.32 Å². The summed E-state index contributed by atoms with van der Waals surface area (Å²) in [5.74, 6) is -1.58. The first kappa shape index (κ1) is 14.1. The van der Waals surface area contributed by atoms with Gasteiger partial charge in [-0.2, -0.15) is 0 Å². The minimum Gasteiger partial charge on any atom is -0.476 e. The molecule has 0 aromatic carbocycles. The van der Waals surface area contributed by atoms with Crippen molar-refractivity contribution in [2.24, 2.45) is 0 Å². The lowest BCUT2D eigenvalue weighted by Crippen LogP contribution is -2.24. The van der Waals surface area contributed by atoms with E-state index in [0.29, 0.717) is 6.54 Å². The number of carbonyl (C=O) groups excluding carboxylic acids is 1. The van der Waals surface area contributed by atoms with Crippen molar-refractivity contribution in [2.75, 3.05) is 0 Å². The van der Waals surface area contributed by atoms with E-state index in [4.69, 9.17) is 5.11 Å². The van der Waals surface area contributed by atoms with E-state index in [0.717, 1.165) is 28.0 Å². The quantitative estimate of drug-likeness (QED) is 0.876. The van der Waals surface area contributed by atoms with Crippen LogP contribution in [0.4, 0.5) is 0 Å². The van der Waals surface area contributed by atoms with Crippen LogP contribution in [0.5, 0.6) is 0 Å². The second-order valence-electron chi connectivity index (χ2n) is 4.02. The Morgan fingerprint density at radius 2 is 1.90 bits per heavy atom. The minimum atomic E-state index is -1.18. The van der Waals surface area contributed by atoms with Crippen LogP contribution in [0, 0.1) is 13.8 Å². The van der Waals surface area contributed by atoms with Crippen molar-refractivity contribution in [3.05, 3.63) is 39.4 Å². The molecule has 0 fully saturated rings. The van der Waals surface area contributed by atoms with Crippen LogP contribution >= 0.6 is 11.3 Å². The summed E-state index contributed by atoms with van der Waals surface area (Å²) >= 11 is 1.52. The number of carbonyl (C=O) groups is 2. The Kier molecular flexibility index (Phi) is 4.04. The summed E-state index contributed by atoms with van der Waals surface area (Å²) in [6.07, 6.45) is 2.20. The highest BCUT2D eigenvalue weighted by Gasteiger charge is 2.12. The molecule has 0 aliphatic carbocycles. The number of aromatic nitrogens is 3. The molecule has 2 aromatic heterocycles. The topological polar surface area (TPSA) is 105 Å². The van der Waals surface area contributed by atoms with Gasteiger partial charge in [-0.05, 0) is 13.8 Å². The SMILES string of the molecule is Cc1nc(C)c(CNC(=O)c2cnc(C(=O)O)cn2)s1. The summed E-state index contributed by atoms with van der Waals surface area (Å²) in [5, 5.41) is 12.3. The van der Waals surface area contributed by atoms with E-state index in [1.165, 1.54) is 11.3 Å². The Balaban J connectivity index is 2.01. The molecule has 1 amide bonds. The maximum atomic E-state index is 11.8. The molecule has 0 atom stereocenters. The van der Waals surface area contributed by atoms with Crippen molar-refractivity contribution >= 4 is 23.2 Å². The number of aryl methyl sites for hydroxylation is 2. The highest BCUT2D eigenvalue weighted by atomic mass is 32.1. The molecule has 104 valence electrons. The fourth-order valence-electron chi connectivity index (χ4n) is 1.54. The summed E-state index contributed by atoms with van der Waals surface area (Å²) < 4.78 is 0.